The fraction of sp³-hybridized carbons (Fsp3) is 0.538. The third kappa shape index (κ3) is 13.8. The van der Waals surface area contributed by atoms with Crippen LogP contribution in [0.15, 0.2) is 130 Å². The topological polar surface area (TPSA) is 233 Å². The largest absolute Gasteiger partial charge is 0.394 e. The third-order valence-corrected chi connectivity index (χ3v) is 12.6. The summed E-state index contributed by atoms with van der Waals surface area (Å²) in [6, 6.07) is 0. The number of rotatable bonds is 16. The molecule has 0 spiro atoms. The van der Waals surface area contributed by atoms with E-state index in [9.17, 15) is 50.4 Å². The SMILES string of the molecule is CC1=C(/C=C/C(C)=C/C=C/C(C)=C/C=C/C=C(C)/C=C/C=C(C)/C=C/C2=C(C)C(=O)[C@@H](O[C@@H]3O[C@H](CO)[C@@H](O)[C@H](O)[C@H]3O)CC2(C)C)C(C)(C)C[C@H](O[C@@H]2O[C@H](CO)[C@@H](O)[C@H](O)[C@H]2O)C1=O. The van der Waals surface area contributed by atoms with Gasteiger partial charge in [-0.3, -0.25) is 9.59 Å². The number of Topliss-reactive ketones (excluding diaryl/α,β-unsaturated/α-hetero) is 2. The molecule has 2 saturated heterocycles. The molecule has 0 bridgehead atoms. The van der Waals surface area contributed by atoms with Gasteiger partial charge in [-0.1, -0.05) is 135 Å². The van der Waals surface area contributed by atoms with Gasteiger partial charge in [0.15, 0.2) is 24.1 Å². The summed E-state index contributed by atoms with van der Waals surface area (Å²) in [4.78, 5) is 26.8. The lowest BCUT2D eigenvalue weighted by atomic mass is 9.71. The molecule has 12 atom stereocenters. The molecule has 0 aromatic rings. The zero-order valence-electron chi connectivity index (χ0n) is 39.9. The second-order valence-electron chi connectivity index (χ2n) is 19.0. The summed E-state index contributed by atoms with van der Waals surface area (Å²) in [5.41, 5.74) is 5.81. The maximum Gasteiger partial charge on any atom is 0.187 e. The van der Waals surface area contributed by atoms with Gasteiger partial charge in [0.1, 0.15) is 61.0 Å². The molecule has 0 aromatic heterocycles. The third-order valence-electron chi connectivity index (χ3n) is 12.6. The number of allylic oxidation sites excluding steroid dienone is 20. The van der Waals surface area contributed by atoms with Crippen LogP contribution in [0.25, 0.3) is 0 Å². The molecular formula is C52H72O14. The van der Waals surface area contributed by atoms with Crippen LogP contribution in [0.3, 0.4) is 0 Å². The summed E-state index contributed by atoms with van der Waals surface area (Å²) in [5.74, 6) is -0.534. The lowest BCUT2D eigenvalue weighted by molar-refractivity contribution is -0.309. The lowest BCUT2D eigenvalue weighted by Crippen LogP contribution is -2.60. The van der Waals surface area contributed by atoms with Gasteiger partial charge >= 0.3 is 0 Å². The number of carbonyl (C=O) groups excluding carboxylic acids is 2. The molecule has 0 aromatic carbocycles. The molecule has 364 valence electrons. The Morgan fingerprint density at radius 1 is 0.530 bits per heavy atom. The summed E-state index contributed by atoms with van der Waals surface area (Å²) < 4.78 is 22.7. The molecule has 2 fully saturated rings. The van der Waals surface area contributed by atoms with Crippen molar-refractivity contribution in [3.05, 3.63) is 130 Å². The van der Waals surface area contributed by atoms with E-state index >= 15 is 0 Å². The van der Waals surface area contributed by atoms with E-state index in [-0.39, 0.29) is 11.6 Å². The number of hydrogen-bond acceptors (Lipinski definition) is 14. The molecule has 2 heterocycles. The van der Waals surface area contributed by atoms with E-state index < -0.39 is 97.7 Å². The minimum atomic E-state index is -1.60. The first-order chi connectivity index (χ1) is 30.9. The molecular weight excluding hydrogens is 849 g/mol. The first-order valence-corrected chi connectivity index (χ1v) is 22.4. The van der Waals surface area contributed by atoms with E-state index in [1.54, 1.807) is 13.8 Å². The number of ketones is 2. The fourth-order valence-corrected chi connectivity index (χ4v) is 8.47. The molecule has 0 unspecified atom stereocenters. The molecule has 0 amide bonds. The van der Waals surface area contributed by atoms with Crippen molar-refractivity contribution < 1.29 is 69.4 Å². The molecule has 0 radical (unpaired) electrons. The van der Waals surface area contributed by atoms with E-state index in [4.69, 9.17) is 18.9 Å². The van der Waals surface area contributed by atoms with Gasteiger partial charge in [0.25, 0.3) is 0 Å². The number of aliphatic hydroxyl groups is 8. The van der Waals surface area contributed by atoms with Gasteiger partial charge in [0.05, 0.1) is 13.2 Å². The molecule has 14 nitrogen and oxygen atoms in total. The predicted octanol–water partition coefficient (Wildman–Crippen LogP) is 4.55. The van der Waals surface area contributed by atoms with Gasteiger partial charge in [-0.05, 0) is 87.5 Å². The Bertz CT molecular complexity index is 1940. The maximum absolute atomic E-state index is 13.4. The summed E-state index contributed by atoms with van der Waals surface area (Å²) in [7, 11) is 0. The fourth-order valence-electron chi connectivity index (χ4n) is 8.47. The Morgan fingerprint density at radius 3 is 1.18 bits per heavy atom. The van der Waals surface area contributed by atoms with E-state index in [0.29, 0.717) is 24.0 Å². The second kappa shape index (κ2) is 23.8. The number of carbonyl (C=O) groups is 2. The summed E-state index contributed by atoms with van der Waals surface area (Å²) in [6.45, 7) is 18.2. The Kier molecular flexibility index (Phi) is 19.7. The van der Waals surface area contributed by atoms with Crippen molar-refractivity contribution in [1.29, 1.82) is 0 Å². The van der Waals surface area contributed by atoms with E-state index in [1.807, 2.05) is 140 Å². The Morgan fingerprint density at radius 2 is 0.848 bits per heavy atom. The van der Waals surface area contributed by atoms with Gasteiger partial charge in [-0.25, -0.2) is 0 Å². The van der Waals surface area contributed by atoms with Crippen molar-refractivity contribution in [2.75, 3.05) is 13.2 Å². The minimum absolute atomic E-state index is 0.267. The molecule has 4 aliphatic rings. The smallest absolute Gasteiger partial charge is 0.187 e. The van der Waals surface area contributed by atoms with Gasteiger partial charge in [0.2, 0.25) is 0 Å². The Hall–Kier alpha value is -4.00. The van der Waals surface area contributed by atoms with Crippen LogP contribution in [0.1, 0.15) is 82.1 Å². The van der Waals surface area contributed by atoms with Crippen molar-refractivity contribution in [2.24, 2.45) is 10.8 Å². The van der Waals surface area contributed by atoms with Gasteiger partial charge < -0.3 is 59.8 Å². The molecule has 66 heavy (non-hydrogen) atoms. The monoisotopic (exact) mass is 920 g/mol. The van der Waals surface area contributed by atoms with Crippen LogP contribution in [0, 0.1) is 10.8 Å². The minimum Gasteiger partial charge on any atom is -0.394 e. The maximum atomic E-state index is 13.4. The first-order valence-electron chi connectivity index (χ1n) is 22.4. The predicted molar refractivity (Wildman–Crippen MR) is 250 cm³/mol. The highest BCUT2D eigenvalue weighted by molar-refractivity contribution is 6.01. The molecule has 2 aliphatic carbocycles. The zero-order chi connectivity index (χ0) is 49.3. The average molecular weight is 921 g/mol. The van der Waals surface area contributed by atoms with Crippen LogP contribution in [0.5, 0.6) is 0 Å². The highest BCUT2D eigenvalue weighted by atomic mass is 16.7. The molecule has 8 N–H and O–H groups in total. The molecule has 4 rings (SSSR count). The second-order valence-corrected chi connectivity index (χ2v) is 19.0. The highest BCUT2D eigenvalue weighted by Crippen LogP contribution is 2.43. The van der Waals surface area contributed by atoms with Crippen molar-refractivity contribution >= 4 is 11.6 Å². The number of ether oxygens (including phenoxy) is 4. The van der Waals surface area contributed by atoms with Crippen molar-refractivity contribution in [1.82, 2.24) is 0 Å². The van der Waals surface area contributed by atoms with Gasteiger partial charge in [-0.2, -0.15) is 0 Å². The van der Waals surface area contributed by atoms with Gasteiger partial charge in [0, 0.05) is 0 Å². The Balaban J connectivity index is 1.29. The number of hydrogen-bond donors (Lipinski definition) is 8. The van der Waals surface area contributed by atoms with Crippen molar-refractivity contribution in [2.45, 2.75) is 156 Å². The standard InChI is InChI=1S/C52H72O14/c1-29(17-13-19-31(3)21-23-35-33(5)41(55)37(25-51(35,7)8)63-49-47(61)45(59)43(57)39(27-53)65-49)15-11-12-16-30(2)18-14-20-32(4)22-24-36-34(6)42(56)38(26-52(36,9)10)64-50-48(62)46(60)44(58)40(28-54)66-50/h11-24,37-40,43-50,53-54,57-62H,25-28H2,1-10H3/b12-11+,17-13+,18-14+,23-21+,24-22+,29-15+,30-16+,31-19+,32-20+/t37-,38-,39+,40+,43+,44+,45-,46-,47+,48+,49+,50+/m0/s1. The summed E-state index contributed by atoms with van der Waals surface area (Å²) in [6.07, 6.45) is 11.8. The van der Waals surface area contributed by atoms with Crippen LogP contribution in [-0.4, -0.2) is 139 Å². The highest BCUT2D eigenvalue weighted by Gasteiger charge is 2.49. The first kappa shape index (κ1) is 54.6. The summed E-state index contributed by atoms with van der Waals surface area (Å²) in [5, 5.41) is 80.4. The van der Waals surface area contributed by atoms with Crippen LogP contribution in [-0.2, 0) is 28.5 Å². The summed E-state index contributed by atoms with van der Waals surface area (Å²) >= 11 is 0. The van der Waals surface area contributed by atoms with Gasteiger partial charge in [-0.15, -0.1) is 0 Å². The lowest BCUT2D eigenvalue weighted by Gasteiger charge is -2.43. The van der Waals surface area contributed by atoms with Crippen molar-refractivity contribution in [3.8, 4) is 0 Å². The molecule has 14 heteroatoms. The number of aliphatic hydroxyl groups excluding tert-OH is 8. The van der Waals surface area contributed by atoms with E-state index in [2.05, 4.69) is 0 Å². The van der Waals surface area contributed by atoms with E-state index in [1.165, 1.54) is 0 Å². The van der Waals surface area contributed by atoms with Crippen molar-refractivity contribution in [3.63, 3.8) is 0 Å². The molecule has 0 saturated carbocycles. The average Bonchev–Trinajstić information content (AvgIpc) is 3.25. The van der Waals surface area contributed by atoms with Crippen LogP contribution < -0.4 is 0 Å². The Labute approximate surface area is 389 Å². The van der Waals surface area contributed by atoms with Crippen LogP contribution in [0.4, 0.5) is 0 Å². The zero-order valence-corrected chi connectivity index (χ0v) is 39.9. The molecule has 2 aliphatic heterocycles. The van der Waals surface area contributed by atoms with E-state index in [0.717, 1.165) is 33.4 Å². The van der Waals surface area contributed by atoms with Crippen LogP contribution in [0.2, 0.25) is 0 Å². The normalized spacial score (nSPS) is 34.5. The quantitative estimate of drug-likeness (QED) is 0.0994. The van der Waals surface area contributed by atoms with Crippen LogP contribution >= 0.6 is 0 Å².